The minimum atomic E-state index is 0.161. The Kier molecular flexibility index (Phi) is 9.85. The van der Waals surface area contributed by atoms with Gasteiger partial charge in [-0.25, -0.2) is 0 Å². The number of hydrogen-bond acceptors (Lipinski definition) is 6. The van der Waals surface area contributed by atoms with Crippen molar-refractivity contribution in [3.8, 4) is 0 Å². The van der Waals surface area contributed by atoms with Crippen LogP contribution in [-0.2, 0) is 9.59 Å². The lowest BCUT2D eigenvalue weighted by Crippen LogP contribution is -2.51. The first-order chi connectivity index (χ1) is 11.5. The summed E-state index contributed by atoms with van der Waals surface area (Å²) in [6.07, 6.45) is 1.02. The molecule has 2 amide bonds. The lowest BCUT2D eigenvalue weighted by atomic mass is 10.2. The smallest absolute Gasteiger partial charge is 0.223 e. The van der Waals surface area contributed by atoms with Crippen LogP contribution in [0.4, 0.5) is 0 Å². The molecule has 0 atom stereocenters. The van der Waals surface area contributed by atoms with Crippen molar-refractivity contribution in [3.63, 3.8) is 0 Å². The molecule has 1 heterocycles. The Hall–Kier alpha value is -1.22. The molecule has 0 aromatic carbocycles. The van der Waals surface area contributed by atoms with E-state index in [1.807, 2.05) is 23.9 Å². The molecule has 1 aliphatic rings. The highest BCUT2D eigenvalue weighted by molar-refractivity contribution is 5.78. The van der Waals surface area contributed by atoms with Gasteiger partial charge in [0.15, 0.2) is 0 Å². The van der Waals surface area contributed by atoms with Gasteiger partial charge in [-0.15, -0.1) is 0 Å². The highest BCUT2D eigenvalue weighted by Gasteiger charge is 2.23. The van der Waals surface area contributed by atoms with E-state index in [0.717, 1.165) is 26.2 Å². The summed E-state index contributed by atoms with van der Waals surface area (Å²) in [6, 6.07) is 0. The maximum Gasteiger partial charge on any atom is 0.223 e. The van der Waals surface area contributed by atoms with Gasteiger partial charge in [-0.2, -0.15) is 0 Å². The van der Waals surface area contributed by atoms with E-state index in [2.05, 4.69) is 9.80 Å². The maximum absolute atomic E-state index is 12.2. The van der Waals surface area contributed by atoms with Crippen molar-refractivity contribution in [2.75, 3.05) is 79.5 Å². The average molecular weight is 342 g/mol. The molecule has 0 unspecified atom stereocenters. The molecule has 1 aliphatic heterocycles. The van der Waals surface area contributed by atoms with Gasteiger partial charge in [-0.3, -0.25) is 9.59 Å². The fourth-order valence-electron chi connectivity index (χ4n) is 2.76. The molecule has 0 aliphatic carbocycles. The Morgan fingerprint density at radius 2 is 1.08 bits per heavy atom. The number of amides is 2. The van der Waals surface area contributed by atoms with E-state index < -0.39 is 0 Å². The van der Waals surface area contributed by atoms with Gasteiger partial charge in [-0.05, 0) is 14.1 Å². The zero-order valence-corrected chi connectivity index (χ0v) is 15.2. The van der Waals surface area contributed by atoms with Crippen LogP contribution in [0.3, 0.4) is 0 Å². The van der Waals surface area contributed by atoms with E-state index in [1.165, 1.54) is 0 Å². The van der Waals surface area contributed by atoms with Crippen LogP contribution < -0.4 is 11.5 Å². The van der Waals surface area contributed by atoms with E-state index in [4.69, 9.17) is 11.5 Å². The molecule has 1 rings (SSSR count). The van der Waals surface area contributed by atoms with Crippen LogP contribution in [-0.4, -0.2) is 111 Å². The Bertz CT molecular complexity index is 349. The summed E-state index contributed by atoms with van der Waals surface area (Å²) in [4.78, 5) is 32.3. The van der Waals surface area contributed by atoms with Crippen molar-refractivity contribution in [3.05, 3.63) is 0 Å². The quantitative estimate of drug-likeness (QED) is 0.487. The monoisotopic (exact) mass is 342 g/mol. The second kappa shape index (κ2) is 11.4. The molecule has 24 heavy (non-hydrogen) atoms. The summed E-state index contributed by atoms with van der Waals surface area (Å²) in [5.41, 5.74) is 11.0. The second-order valence-corrected chi connectivity index (χ2v) is 6.45. The molecule has 4 N–H and O–H groups in total. The molecule has 0 spiro atoms. The predicted molar refractivity (Wildman–Crippen MR) is 95.5 cm³/mol. The highest BCUT2D eigenvalue weighted by atomic mass is 16.2. The number of nitrogens with zero attached hydrogens (tertiary/aromatic N) is 4. The molecular weight excluding hydrogens is 308 g/mol. The Labute approximate surface area is 145 Å². The van der Waals surface area contributed by atoms with Crippen molar-refractivity contribution in [1.29, 1.82) is 0 Å². The zero-order valence-electron chi connectivity index (χ0n) is 15.2. The molecule has 140 valence electrons. The van der Waals surface area contributed by atoms with Crippen molar-refractivity contribution in [2.24, 2.45) is 11.5 Å². The van der Waals surface area contributed by atoms with E-state index >= 15 is 0 Å². The maximum atomic E-state index is 12.2. The third kappa shape index (κ3) is 7.57. The standard InChI is InChI=1S/C16H34N6O2/c1-19(9-5-17)7-3-15(23)21-11-13-22(14-12-21)16(24)4-8-20(2)10-6-18/h3-14,17-18H2,1-2H3. The number of hydrogen-bond donors (Lipinski definition) is 2. The summed E-state index contributed by atoms with van der Waals surface area (Å²) in [7, 11) is 3.94. The average Bonchev–Trinajstić information content (AvgIpc) is 2.58. The normalized spacial score (nSPS) is 15.4. The molecule has 1 fully saturated rings. The van der Waals surface area contributed by atoms with Crippen LogP contribution in [0.1, 0.15) is 12.8 Å². The Morgan fingerprint density at radius 1 is 0.750 bits per heavy atom. The van der Waals surface area contributed by atoms with Gasteiger partial charge in [-0.1, -0.05) is 0 Å². The number of likely N-dealkylation sites (N-methyl/N-ethyl adjacent to an activating group) is 2. The Balaban J connectivity index is 2.25. The molecule has 0 saturated carbocycles. The van der Waals surface area contributed by atoms with E-state index in [1.54, 1.807) is 0 Å². The SMILES string of the molecule is CN(CCN)CCC(=O)N1CCN(C(=O)CCN(C)CCN)CC1. The first kappa shape index (κ1) is 20.8. The number of rotatable bonds is 10. The lowest BCUT2D eigenvalue weighted by molar-refractivity contribution is -0.139. The third-order valence-corrected chi connectivity index (χ3v) is 4.42. The van der Waals surface area contributed by atoms with Gasteiger partial charge in [0, 0.05) is 78.3 Å². The van der Waals surface area contributed by atoms with Gasteiger partial charge in [0.25, 0.3) is 0 Å². The lowest BCUT2D eigenvalue weighted by Gasteiger charge is -2.35. The molecule has 1 saturated heterocycles. The topological polar surface area (TPSA) is 99.1 Å². The molecule has 0 aromatic rings. The minimum Gasteiger partial charge on any atom is -0.339 e. The van der Waals surface area contributed by atoms with Crippen LogP contribution in [0.25, 0.3) is 0 Å². The Morgan fingerprint density at radius 3 is 1.38 bits per heavy atom. The van der Waals surface area contributed by atoms with Crippen molar-refractivity contribution < 1.29 is 9.59 Å². The summed E-state index contributed by atoms with van der Waals surface area (Å²) in [5, 5.41) is 0. The molecule has 0 bridgehead atoms. The van der Waals surface area contributed by atoms with Gasteiger partial charge >= 0.3 is 0 Å². The summed E-state index contributed by atoms with van der Waals surface area (Å²) < 4.78 is 0. The summed E-state index contributed by atoms with van der Waals surface area (Å²) in [6.45, 7) is 6.77. The fourth-order valence-corrected chi connectivity index (χ4v) is 2.76. The molecule has 0 aromatic heterocycles. The van der Waals surface area contributed by atoms with Crippen molar-refractivity contribution >= 4 is 11.8 Å². The second-order valence-electron chi connectivity index (χ2n) is 6.45. The van der Waals surface area contributed by atoms with Gasteiger partial charge in [0.1, 0.15) is 0 Å². The largest absolute Gasteiger partial charge is 0.339 e. The minimum absolute atomic E-state index is 0.161. The summed E-state index contributed by atoms with van der Waals surface area (Å²) in [5.74, 6) is 0.322. The molecule has 8 heteroatoms. The third-order valence-electron chi connectivity index (χ3n) is 4.42. The number of nitrogens with two attached hydrogens (primary N) is 2. The van der Waals surface area contributed by atoms with Crippen LogP contribution in [0.5, 0.6) is 0 Å². The van der Waals surface area contributed by atoms with Crippen LogP contribution in [0.15, 0.2) is 0 Å². The summed E-state index contributed by atoms with van der Waals surface area (Å²) >= 11 is 0. The molecule has 8 nitrogen and oxygen atoms in total. The van der Waals surface area contributed by atoms with Gasteiger partial charge < -0.3 is 31.1 Å². The first-order valence-electron chi connectivity index (χ1n) is 8.80. The van der Waals surface area contributed by atoms with Crippen LogP contribution >= 0.6 is 0 Å². The van der Waals surface area contributed by atoms with Gasteiger partial charge in [0.05, 0.1) is 0 Å². The number of carbonyl (C=O) groups is 2. The molecular formula is C16H34N6O2. The number of carbonyl (C=O) groups excluding carboxylic acids is 2. The highest BCUT2D eigenvalue weighted by Crippen LogP contribution is 2.06. The zero-order chi connectivity index (χ0) is 17.9. The van der Waals surface area contributed by atoms with Crippen molar-refractivity contribution in [1.82, 2.24) is 19.6 Å². The predicted octanol–water partition coefficient (Wildman–Crippen LogP) is -1.78. The van der Waals surface area contributed by atoms with Gasteiger partial charge in [0.2, 0.25) is 11.8 Å². The fraction of sp³-hybridized carbons (Fsp3) is 0.875. The van der Waals surface area contributed by atoms with E-state index in [-0.39, 0.29) is 11.8 Å². The van der Waals surface area contributed by atoms with Crippen LogP contribution in [0.2, 0.25) is 0 Å². The molecule has 0 radical (unpaired) electrons. The van der Waals surface area contributed by atoms with E-state index in [0.29, 0.717) is 52.1 Å². The first-order valence-corrected chi connectivity index (χ1v) is 8.80. The van der Waals surface area contributed by atoms with E-state index in [9.17, 15) is 9.59 Å². The van der Waals surface area contributed by atoms with Crippen molar-refractivity contribution in [2.45, 2.75) is 12.8 Å². The van der Waals surface area contributed by atoms with Crippen LogP contribution in [0, 0.1) is 0 Å². The number of piperazine rings is 1.